The molecule has 0 radical (unpaired) electrons. The number of nitrogens with one attached hydrogen (secondary N) is 2. The Balaban J connectivity index is 2.83. The molecular formula is C12H24N4O3S. The molecule has 4 N–H and O–H groups in total. The van der Waals surface area contributed by atoms with Crippen LogP contribution in [0.3, 0.4) is 0 Å². The number of aromatic nitrogens is 2. The third kappa shape index (κ3) is 4.27. The van der Waals surface area contributed by atoms with Crippen LogP contribution in [0.1, 0.15) is 31.7 Å². The lowest BCUT2D eigenvalue weighted by atomic mass is 9.90. The predicted molar refractivity (Wildman–Crippen MR) is 76.7 cm³/mol. The van der Waals surface area contributed by atoms with E-state index in [-0.39, 0.29) is 16.9 Å². The monoisotopic (exact) mass is 304 g/mol. The normalized spacial score (nSPS) is 12.8. The van der Waals surface area contributed by atoms with Crippen LogP contribution in [0.4, 0.5) is 0 Å². The Hall–Kier alpha value is -0.960. The number of sulfonamides is 1. The Bertz CT molecular complexity index is 537. The fourth-order valence-electron chi connectivity index (χ4n) is 1.79. The van der Waals surface area contributed by atoms with Gasteiger partial charge in [0.25, 0.3) is 0 Å². The van der Waals surface area contributed by atoms with Gasteiger partial charge in [-0.05, 0) is 18.8 Å². The maximum atomic E-state index is 12.4. The lowest BCUT2D eigenvalue weighted by molar-refractivity contribution is 0.153. The number of hydrogen-bond acceptors (Lipinski definition) is 5. The van der Waals surface area contributed by atoms with E-state index < -0.39 is 10.0 Å². The van der Waals surface area contributed by atoms with E-state index >= 15 is 0 Å². The Morgan fingerprint density at radius 2 is 2.10 bits per heavy atom. The zero-order chi connectivity index (χ0) is 15.4. The van der Waals surface area contributed by atoms with Crippen molar-refractivity contribution in [3.8, 4) is 0 Å². The van der Waals surface area contributed by atoms with E-state index in [1.807, 2.05) is 13.8 Å². The van der Waals surface area contributed by atoms with E-state index in [2.05, 4.69) is 14.9 Å². The highest BCUT2D eigenvalue weighted by atomic mass is 32.2. The van der Waals surface area contributed by atoms with E-state index in [1.54, 1.807) is 14.0 Å². The molecular weight excluding hydrogens is 280 g/mol. The average Bonchev–Trinajstić information content (AvgIpc) is 2.76. The Labute approximate surface area is 120 Å². The molecule has 0 amide bonds. The summed E-state index contributed by atoms with van der Waals surface area (Å²) in [6.07, 6.45) is 0.764. The Morgan fingerprint density at radius 1 is 1.45 bits per heavy atom. The van der Waals surface area contributed by atoms with Gasteiger partial charge in [0.2, 0.25) is 10.0 Å². The molecule has 0 saturated heterocycles. The van der Waals surface area contributed by atoms with E-state index in [9.17, 15) is 8.42 Å². The molecule has 1 aromatic heterocycles. The summed E-state index contributed by atoms with van der Waals surface area (Å²) in [7, 11) is -1.99. The van der Waals surface area contributed by atoms with Crippen LogP contribution in [0.5, 0.6) is 0 Å². The molecule has 0 bridgehead atoms. The fourth-order valence-corrected chi connectivity index (χ4v) is 3.41. The van der Waals surface area contributed by atoms with Gasteiger partial charge in [-0.3, -0.25) is 5.10 Å². The van der Waals surface area contributed by atoms with Gasteiger partial charge in [0, 0.05) is 26.8 Å². The molecule has 116 valence electrons. The van der Waals surface area contributed by atoms with Crippen LogP contribution in [0, 0.1) is 12.3 Å². The van der Waals surface area contributed by atoms with Gasteiger partial charge >= 0.3 is 0 Å². The molecule has 1 aromatic rings. The smallest absolute Gasteiger partial charge is 0.244 e. The Morgan fingerprint density at radius 3 is 2.65 bits per heavy atom. The van der Waals surface area contributed by atoms with Crippen LogP contribution < -0.4 is 10.5 Å². The SMILES string of the molecule is COCCC(C)(C)CNS(=O)(=O)c1c(CN)n[nH]c1C. The summed E-state index contributed by atoms with van der Waals surface area (Å²) in [5.74, 6) is 0. The molecule has 0 atom stereocenters. The van der Waals surface area contributed by atoms with E-state index in [4.69, 9.17) is 10.5 Å². The summed E-state index contributed by atoms with van der Waals surface area (Å²) in [4.78, 5) is 0.155. The number of nitrogens with two attached hydrogens (primary N) is 1. The first-order valence-electron chi connectivity index (χ1n) is 6.46. The van der Waals surface area contributed by atoms with Crippen LogP contribution in [-0.4, -0.2) is 38.9 Å². The highest BCUT2D eigenvalue weighted by Crippen LogP contribution is 2.22. The van der Waals surface area contributed by atoms with E-state index in [0.29, 0.717) is 24.5 Å². The zero-order valence-electron chi connectivity index (χ0n) is 12.5. The number of ether oxygens (including phenoxy) is 1. The molecule has 0 unspecified atom stereocenters. The topological polar surface area (TPSA) is 110 Å². The minimum Gasteiger partial charge on any atom is -0.385 e. The van der Waals surface area contributed by atoms with Gasteiger partial charge in [-0.25, -0.2) is 13.1 Å². The first-order chi connectivity index (χ1) is 9.23. The van der Waals surface area contributed by atoms with Crippen molar-refractivity contribution < 1.29 is 13.2 Å². The highest BCUT2D eigenvalue weighted by molar-refractivity contribution is 7.89. The standard InChI is InChI=1S/C12H24N4O3S/c1-9-11(10(7-13)16-15-9)20(17,18)14-8-12(2,3)5-6-19-4/h14H,5-8,13H2,1-4H3,(H,15,16). The van der Waals surface area contributed by atoms with Crippen molar-refractivity contribution in [1.29, 1.82) is 0 Å². The van der Waals surface area contributed by atoms with Crippen molar-refractivity contribution >= 4 is 10.0 Å². The second-order valence-corrected chi connectivity index (χ2v) is 7.26. The number of methoxy groups -OCH3 is 1. The highest BCUT2D eigenvalue weighted by Gasteiger charge is 2.26. The number of rotatable bonds is 8. The lowest BCUT2D eigenvalue weighted by Gasteiger charge is -2.24. The summed E-state index contributed by atoms with van der Waals surface area (Å²) in [5, 5.41) is 6.56. The molecule has 0 aromatic carbocycles. The van der Waals surface area contributed by atoms with Crippen molar-refractivity contribution in [3.05, 3.63) is 11.4 Å². The third-order valence-electron chi connectivity index (χ3n) is 3.15. The van der Waals surface area contributed by atoms with Crippen LogP contribution in [-0.2, 0) is 21.3 Å². The summed E-state index contributed by atoms with van der Waals surface area (Å²) in [5.41, 5.74) is 6.17. The number of nitrogens with zero attached hydrogens (tertiary/aromatic N) is 1. The summed E-state index contributed by atoms with van der Waals surface area (Å²) < 4.78 is 32.4. The minimum atomic E-state index is -3.61. The number of aromatic amines is 1. The molecule has 0 fully saturated rings. The first kappa shape index (κ1) is 17.1. The van der Waals surface area contributed by atoms with Gasteiger partial charge in [-0.15, -0.1) is 0 Å². The molecule has 0 saturated carbocycles. The van der Waals surface area contributed by atoms with Gasteiger partial charge in [-0.2, -0.15) is 5.10 Å². The Kier molecular flexibility index (Phi) is 5.69. The summed E-state index contributed by atoms with van der Waals surface area (Å²) in [6, 6.07) is 0. The fraction of sp³-hybridized carbons (Fsp3) is 0.750. The van der Waals surface area contributed by atoms with Gasteiger partial charge in [0.1, 0.15) is 4.90 Å². The second-order valence-electron chi connectivity index (χ2n) is 5.56. The molecule has 7 nitrogen and oxygen atoms in total. The molecule has 0 aliphatic heterocycles. The van der Waals surface area contributed by atoms with Crippen LogP contribution >= 0.6 is 0 Å². The van der Waals surface area contributed by atoms with Gasteiger partial charge < -0.3 is 10.5 Å². The molecule has 1 rings (SSSR count). The largest absolute Gasteiger partial charge is 0.385 e. The zero-order valence-corrected chi connectivity index (χ0v) is 13.3. The molecule has 20 heavy (non-hydrogen) atoms. The van der Waals surface area contributed by atoms with Crippen molar-refractivity contribution in [2.24, 2.45) is 11.1 Å². The van der Waals surface area contributed by atoms with Gasteiger partial charge in [-0.1, -0.05) is 13.8 Å². The average molecular weight is 304 g/mol. The number of H-pyrrole nitrogens is 1. The van der Waals surface area contributed by atoms with E-state index in [0.717, 1.165) is 6.42 Å². The van der Waals surface area contributed by atoms with Gasteiger partial charge in [0.15, 0.2) is 0 Å². The molecule has 0 spiro atoms. The maximum absolute atomic E-state index is 12.4. The number of hydrogen-bond donors (Lipinski definition) is 3. The van der Waals surface area contributed by atoms with Crippen molar-refractivity contribution in [2.45, 2.75) is 38.6 Å². The maximum Gasteiger partial charge on any atom is 0.244 e. The molecule has 0 aliphatic carbocycles. The van der Waals surface area contributed by atoms with Crippen LogP contribution in [0.25, 0.3) is 0 Å². The van der Waals surface area contributed by atoms with E-state index in [1.165, 1.54) is 0 Å². The van der Waals surface area contributed by atoms with Crippen LogP contribution in [0.15, 0.2) is 4.90 Å². The molecule has 0 aliphatic rings. The summed E-state index contributed by atoms with van der Waals surface area (Å²) in [6.45, 7) is 6.63. The predicted octanol–water partition coefficient (Wildman–Crippen LogP) is 0.518. The van der Waals surface area contributed by atoms with Gasteiger partial charge in [0.05, 0.1) is 11.4 Å². The number of aryl methyl sites for hydroxylation is 1. The minimum absolute atomic E-state index is 0.0770. The van der Waals surface area contributed by atoms with Crippen molar-refractivity contribution in [2.75, 3.05) is 20.3 Å². The van der Waals surface area contributed by atoms with Crippen molar-refractivity contribution in [3.63, 3.8) is 0 Å². The molecule has 8 heteroatoms. The molecule has 1 heterocycles. The second kappa shape index (κ2) is 6.66. The quantitative estimate of drug-likeness (QED) is 0.648. The first-order valence-corrected chi connectivity index (χ1v) is 7.94. The van der Waals surface area contributed by atoms with Crippen molar-refractivity contribution in [1.82, 2.24) is 14.9 Å². The van der Waals surface area contributed by atoms with Crippen LogP contribution in [0.2, 0.25) is 0 Å². The lowest BCUT2D eigenvalue weighted by Crippen LogP contribution is -2.35. The third-order valence-corrected chi connectivity index (χ3v) is 4.75. The summed E-state index contributed by atoms with van der Waals surface area (Å²) >= 11 is 0.